The molecule has 0 aliphatic heterocycles. The highest BCUT2D eigenvalue weighted by molar-refractivity contribution is 6.33. The molecular formula is C12H13ClN4O2. The van der Waals surface area contributed by atoms with Crippen LogP contribution in [0.15, 0.2) is 18.2 Å². The maximum atomic E-state index is 10.5. The van der Waals surface area contributed by atoms with Gasteiger partial charge in [-0.3, -0.25) is 4.79 Å². The third-order valence-electron chi connectivity index (χ3n) is 2.66. The van der Waals surface area contributed by atoms with Crippen molar-refractivity contribution in [2.24, 2.45) is 0 Å². The number of nitrogens with zero attached hydrogens (tertiary/aromatic N) is 4. The van der Waals surface area contributed by atoms with Gasteiger partial charge in [0.15, 0.2) is 5.82 Å². The molecule has 6 nitrogen and oxygen atoms in total. The summed E-state index contributed by atoms with van der Waals surface area (Å²) in [6.07, 6.45) is 0.553. The average Bonchev–Trinajstić information content (AvgIpc) is 2.77. The molecule has 0 amide bonds. The van der Waals surface area contributed by atoms with Gasteiger partial charge < -0.3 is 5.11 Å². The smallest absolute Gasteiger partial charge is 0.303 e. The molecule has 0 aliphatic rings. The minimum Gasteiger partial charge on any atom is -0.481 e. The largest absolute Gasteiger partial charge is 0.481 e. The van der Waals surface area contributed by atoms with E-state index in [0.29, 0.717) is 23.8 Å². The summed E-state index contributed by atoms with van der Waals surface area (Å²) in [5.74, 6) is -0.279. The number of carboxylic acids is 1. The molecule has 19 heavy (non-hydrogen) atoms. The molecule has 0 spiro atoms. The molecule has 1 heterocycles. The van der Waals surface area contributed by atoms with E-state index in [4.69, 9.17) is 16.7 Å². The van der Waals surface area contributed by atoms with E-state index in [1.165, 1.54) is 0 Å². The number of benzene rings is 1. The van der Waals surface area contributed by atoms with Gasteiger partial charge in [-0.05, 0) is 41.5 Å². The number of aryl methyl sites for hydroxylation is 2. The first kappa shape index (κ1) is 13.5. The van der Waals surface area contributed by atoms with Crippen molar-refractivity contribution in [3.8, 4) is 11.4 Å². The van der Waals surface area contributed by atoms with E-state index in [1.54, 1.807) is 4.68 Å². The molecule has 2 rings (SSSR count). The Morgan fingerprint density at radius 2 is 2.26 bits per heavy atom. The van der Waals surface area contributed by atoms with Crippen LogP contribution in [-0.2, 0) is 11.3 Å². The van der Waals surface area contributed by atoms with Gasteiger partial charge in [-0.2, -0.15) is 0 Å². The second-order valence-corrected chi connectivity index (χ2v) is 4.61. The van der Waals surface area contributed by atoms with Crippen molar-refractivity contribution in [2.75, 3.05) is 0 Å². The van der Waals surface area contributed by atoms with Crippen LogP contribution in [0.2, 0.25) is 5.02 Å². The van der Waals surface area contributed by atoms with E-state index >= 15 is 0 Å². The zero-order valence-corrected chi connectivity index (χ0v) is 11.1. The minimum absolute atomic E-state index is 0.0843. The van der Waals surface area contributed by atoms with Crippen molar-refractivity contribution in [3.63, 3.8) is 0 Å². The molecule has 0 saturated heterocycles. The van der Waals surface area contributed by atoms with Gasteiger partial charge in [0.2, 0.25) is 0 Å². The Balaban J connectivity index is 2.21. The number of hydrogen-bond donors (Lipinski definition) is 1. The van der Waals surface area contributed by atoms with Crippen LogP contribution in [0.3, 0.4) is 0 Å². The normalized spacial score (nSPS) is 10.6. The summed E-state index contributed by atoms with van der Waals surface area (Å²) in [5.41, 5.74) is 1.80. The Hall–Kier alpha value is -1.95. The van der Waals surface area contributed by atoms with E-state index < -0.39 is 5.97 Å². The lowest BCUT2D eigenvalue weighted by molar-refractivity contribution is -0.137. The number of halogens is 1. The van der Waals surface area contributed by atoms with Gasteiger partial charge in [0.05, 0.1) is 5.02 Å². The standard InChI is InChI=1S/C12H13ClN4O2/c1-8-4-5-9(10(13)7-8)12-14-15-16-17(12)6-2-3-11(18)19/h4-5,7H,2-3,6H2,1H3,(H,18,19). The summed E-state index contributed by atoms with van der Waals surface area (Å²) < 4.78 is 1.57. The van der Waals surface area contributed by atoms with Gasteiger partial charge in [-0.15, -0.1) is 5.10 Å². The van der Waals surface area contributed by atoms with E-state index in [1.807, 2.05) is 25.1 Å². The lowest BCUT2D eigenvalue weighted by Crippen LogP contribution is -2.05. The third kappa shape index (κ3) is 3.29. The van der Waals surface area contributed by atoms with Crippen molar-refractivity contribution in [2.45, 2.75) is 26.3 Å². The molecule has 2 aromatic rings. The summed E-state index contributed by atoms with van der Waals surface area (Å²) in [7, 11) is 0. The lowest BCUT2D eigenvalue weighted by Gasteiger charge is -2.06. The molecule has 100 valence electrons. The highest BCUT2D eigenvalue weighted by Gasteiger charge is 2.12. The summed E-state index contributed by atoms with van der Waals surface area (Å²) in [5, 5.41) is 20.6. The van der Waals surface area contributed by atoms with Gasteiger partial charge in [0, 0.05) is 18.5 Å². The van der Waals surface area contributed by atoms with Gasteiger partial charge in [0.25, 0.3) is 0 Å². The fraction of sp³-hybridized carbons (Fsp3) is 0.333. The second kappa shape index (κ2) is 5.79. The Labute approximate surface area is 115 Å². The van der Waals surface area contributed by atoms with Gasteiger partial charge >= 0.3 is 5.97 Å². The SMILES string of the molecule is Cc1ccc(-c2nnnn2CCCC(=O)O)c(Cl)c1. The first-order chi connectivity index (χ1) is 9.08. The summed E-state index contributed by atoms with van der Waals surface area (Å²) in [6.45, 7) is 2.39. The Kier molecular flexibility index (Phi) is 4.11. The molecule has 0 atom stereocenters. The van der Waals surface area contributed by atoms with Crippen LogP contribution in [0, 0.1) is 6.92 Å². The van der Waals surface area contributed by atoms with Crippen LogP contribution < -0.4 is 0 Å². The van der Waals surface area contributed by atoms with Crippen LogP contribution in [-0.4, -0.2) is 31.3 Å². The third-order valence-corrected chi connectivity index (χ3v) is 2.97. The van der Waals surface area contributed by atoms with Crippen LogP contribution in [0.1, 0.15) is 18.4 Å². The molecule has 0 bridgehead atoms. The maximum Gasteiger partial charge on any atom is 0.303 e. The van der Waals surface area contributed by atoms with Crippen LogP contribution in [0.25, 0.3) is 11.4 Å². The van der Waals surface area contributed by atoms with E-state index in [2.05, 4.69) is 15.5 Å². The summed E-state index contributed by atoms with van der Waals surface area (Å²) >= 11 is 6.17. The monoisotopic (exact) mass is 280 g/mol. The zero-order chi connectivity index (χ0) is 13.8. The molecule has 0 radical (unpaired) electrons. The number of rotatable bonds is 5. The molecule has 1 aromatic heterocycles. The zero-order valence-electron chi connectivity index (χ0n) is 10.4. The molecule has 1 N–H and O–H groups in total. The second-order valence-electron chi connectivity index (χ2n) is 4.21. The van der Waals surface area contributed by atoms with E-state index in [9.17, 15) is 4.79 Å². The molecular weight excluding hydrogens is 268 g/mol. The van der Waals surface area contributed by atoms with Crippen LogP contribution in [0.5, 0.6) is 0 Å². The molecule has 0 saturated carbocycles. The quantitative estimate of drug-likeness (QED) is 0.908. The number of aliphatic carboxylic acids is 1. The predicted molar refractivity (Wildman–Crippen MR) is 69.9 cm³/mol. The summed E-state index contributed by atoms with van der Waals surface area (Å²) in [4.78, 5) is 10.5. The average molecular weight is 281 g/mol. The predicted octanol–water partition coefficient (Wildman–Crippen LogP) is 2.17. The number of carbonyl (C=O) groups is 1. The number of tetrazole rings is 1. The maximum absolute atomic E-state index is 10.5. The van der Waals surface area contributed by atoms with Crippen molar-refractivity contribution in [1.29, 1.82) is 0 Å². The van der Waals surface area contributed by atoms with Gasteiger partial charge in [-0.1, -0.05) is 17.7 Å². The Morgan fingerprint density at radius 3 is 2.95 bits per heavy atom. The van der Waals surface area contributed by atoms with Crippen molar-refractivity contribution in [1.82, 2.24) is 20.2 Å². The molecule has 7 heteroatoms. The number of hydrogen-bond acceptors (Lipinski definition) is 4. The van der Waals surface area contributed by atoms with Gasteiger partial charge in [-0.25, -0.2) is 4.68 Å². The Bertz CT molecular complexity index is 597. The highest BCUT2D eigenvalue weighted by atomic mass is 35.5. The topological polar surface area (TPSA) is 80.9 Å². The van der Waals surface area contributed by atoms with Crippen LogP contribution in [0.4, 0.5) is 0 Å². The minimum atomic E-state index is -0.831. The molecule has 0 aliphatic carbocycles. The first-order valence-corrected chi connectivity index (χ1v) is 6.20. The van der Waals surface area contributed by atoms with Crippen molar-refractivity contribution < 1.29 is 9.90 Å². The molecule has 0 unspecified atom stereocenters. The number of carboxylic acid groups (broad SMARTS) is 1. The number of aromatic nitrogens is 4. The fourth-order valence-corrected chi connectivity index (χ4v) is 2.05. The van der Waals surface area contributed by atoms with Crippen LogP contribution >= 0.6 is 11.6 Å². The van der Waals surface area contributed by atoms with E-state index in [-0.39, 0.29) is 6.42 Å². The Morgan fingerprint density at radius 1 is 1.47 bits per heavy atom. The molecule has 1 aromatic carbocycles. The van der Waals surface area contributed by atoms with Crippen molar-refractivity contribution >= 4 is 17.6 Å². The van der Waals surface area contributed by atoms with E-state index in [0.717, 1.165) is 11.1 Å². The first-order valence-electron chi connectivity index (χ1n) is 5.82. The van der Waals surface area contributed by atoms with Crippen molar-refractivity contribution in [3.05, 3.63) is 28.8 Å². The molecule has 0 fully saturated rings. The summed E-state index contributed by atoms with van der Waals surface area (Å²) in [6, 6.07) is 5.63. The highest BCUT2D eigenvalue weighted by Crippen LogP contribution is 2.26. The fourth-order valence-electron chi connectivity index (χ4n) is 1.73. The lowest BCUT2D eigenvalue weighted by atomic mass is 10.1. The van der Waals surface area contributed by atoms with Gasteiger partial charge in [0.1, 0.15) is 0 Å².